The van der Waals surface area contributed by atoms with Gasteiger partial charge < -0.3 is 5.11 Å². The molecule has 1 aromatic rings. The number of hydrogen-bond donors (Lipinski definition) is 1. The molecule has 0 radical (unpaired) electrons. The van der Waals surface area contributed by atoms with Gasteiger partial charge in [0.2, 0.25) is 0 Å². The Hall–Kier alpha value is -1.44. The Labute approximate surface area is 90.6 Å². The molecule has 0 spiro atoms. The Morgan fingerprint density at radius 2 is 2.06 bits per heavy atom. The van der Waals surface area contributed by atoms with Crippen LogP contribution < -0.4 is 0 Å². The van der Waals surface area contributed by atoms with Gasteiger partial charge in [-0.1, -0.05) is 0 Å². The lowest BCUT2D eigenvalue weighted by atomic mass is 10.2. The zero-order chi connectivity index (χ0) is 12.5. The number of nitrogens with zero attached hydrogens (tertiary/aromatic N) is 1. The minimum Gasteiger partial charge on any atom is -0.476 e. The summed E-state index contributed by atoms with van der Waals surface area (Å²) >= 11 is 0. The first-order valence-corrected chi connectivity index (χ1v) is 5.43. The molecule has 0 aliphatic carbocycles. The average molecular weight is 253 g/mol. The van der Waals surface area contributed by atoms with Gasteiger partial charge in [-0.15, -0.1) is 0 Å². The van der Waals surface area contributed by atoms with Crippen molar-refractivity contribution in [3.05, 3.63) is 23.5 Å². The third-order valence-corrected chi connectivity index (χ3v) is 2.62. The van der Waals surface area contributed by atoms with Gasteiger partial charge in [-0.25, -0.2) is 9.78 Å². The Morgan fingerprint density at radius 3 is 2.44 bits per heavy atom. The van der Waals surface area contributed by atoms with E-state index in [0.29, 0.717) is 12.3 Å². The fourth-order valence-corrected chi connectivity index (χ4v) is 1.68. The zero-order valence-corrected chi connectivity index (χ0v) is 8.72. The summed E-state index contributed by atoms with van der Waals surface area (Å²) in [5.41, 5.74) is -1.75. The molecular weight excluding hydrogens is 247 g/mol. The molecule has 8 heteroatoms. The number of hydrogen-bond acceptors (Lipinski definition) is 3. The molecule has 16 heavy (non-hydrogen) atoms. The highest BCUT2D eigenvalue weighted by Crippen LogP contribution is 2.30. The van der Waals surface area contributed by atoms with Crippen molar-refractivity contribution in [2.45, 2.75) is 11.1 Å². The molecule has 1 rings (SSSR count). The minimum absolute atomic E-state index is 0.403. The fourth-order valence-electron chi connectivity index (χ4n) is 0.979. The summed E-state index contributed by atoms with van der Waals surface area (Å²) in [6, 6.07) is 0.534. The first kappa shape index (κ1) is 12.6. The van der Waals surface area contributed by atoms with Crippen molar-refractivity contribution in [1.29, 1.82) is 0 Å². The number of rotatable bonds is 2. The molecule has 0 aromatic carbocycles. The van der Waals surface area contributed by atoms with Crippen LogP contribution in [0.1, 0.15) is 16.1 Å². The van der Waals surface area contributed by atoms with Crippen molar-refractivity contribution in [3.63, 3.8) is 0 Å². The van der Waals surface area contributed by atoms with E-state index in [1.165, 1.54) is 0 Å². The van der Waals surface area contributed by atoms with Crippen molar-refractivity contribution in [3.8, 4) is 0 Å². The predicted molar refractivity (Wildman–Crippen MR) is 48.5 cm³/mol. The van der Waals surface area contributed by atoms with Crippen molar-refractivity contribution in [2.75, 3.05) is 6.26 Å². The maximum atomic E-state index is 12.3. The lowest BCUT2D eigenvalue weighted by molar-refractivity contribution is -0.138. The van der Waals surface area contributed by atoms with Gasteiger partial charge >= 0.3 is 12.1 Å². The summed E-state index contributed by atoms with van der Waals surface area (Å²) in [6.45, 7) is 0. The molecule has 1 unspecified atom stereocenters. The van der Waals surface area contributed by atoms with Crippen molar-refractivity contribution < 1.29 is 27.3 Å². The second-order valence-electron chi connectivity index (χ2n) is 2.83. The second-order valence-corrected chi connectivity index (χ2v) is 4.18. The number of aromatic carboxylic acids is 1. The van der Waals surface area contributed by atoms with Crippen LogP contribution in [0.5, 0.6) is 0 Å². The van der Waals surface area contributed by atoms with Gasteiger partial charge in [-0.3, -0.25) is 4.21 Å². The number of aromatic nitrogens is 1. The molecule has 0 aliphatic heterocycles. The molecule has 0 saturated carbocycles. The summed E-state index contributed by atoms with van der Waals surface area (Å²) in [5.74, 6) is -1.51. The van der Waals surface area contributed by atoms with Gasteiger partial charge in [0.05, 0.1) is 21.3 Å². The lowest BCUT2D eigenvalue weighted by Gasteiger charge is -2.08. The molecular formula is C8H6F3NO3S. The quantitative estimate of drug-likeness (QED) is 0.868. The number of carboxylic acids is 1. The van der Waals surface area contributed by atoms with E-state index in [4.69, 9.17) is 5.11 Å². The van der Waals surface area contributed by atoms with Crippen LogP contribution >= 0.6 is 0 Å². The Kier molecular flexibility index (Phi) is 3.32. The van der Waals surface area contributed by atoms with Crippen LogP contribution in [0.25, 0.3) is 0 Å². The second kappa shape index (κ2) is 4.20. The summed E-state index contributed by atoms with van der Waals surface area (Å²) in [4.78, 5) is 13.3. The average Bonchev–Trinajstić information content (AvgIpc) is 2.15. The van der Waals surface area contributed by atoms with Gasteiger partial charge in [0, 0.05) is 12.5 Å². The summed E-state index contributed by atoms with van der Waals surface area (Å²) in [7, 11) is -1.85. The van der Waals surface area contributed by atoms with E-state index in [2.05, 4.69) is 4.98 Å². The van der Waals surface area contributed by atoms with E-state index in [0.717, 1.165) is 6.26 Å². The summed E-state index contributed by atoms with van der Waals surface area (Å²) in [6.07, 6.45) is -3.15. The number of pyridine rings is 1. The van der Waals surface area contributed by atoms with E-state index in [1.807, 2.05) is 0 Å². The van der Waals surface area contributed by atoms with Gasteiger partial charge in [0.1, 0.15) is 0 Å². The highest BCUT2D eigenvalue weighted by molar-refractivity contribution is 7.84. The maximum absolute atomic E-state index is 12.3. The van der Waals surface area contributed by atoms with Gasteiger partial charge in [-0.2, -0.15) is 13.2 Å². The van der Waals surface area contributed by atoms with Crippen LogP contribution in [0.3, 0.4) is 0 Å². The van der Waals surface area contributed by atoms with Gasteiger partial charge in [0.25, 0.3) is 0 Å². The molecule has 1 heterocycles. The smallest absolute Gasteiger partial charge is 0.417 e. The van der Waals surface area contributed by atoms with Crippen molar-refractivity contribution >= 4 is 16.8 Å². The number of carboxylic acid groups (broad SMARTS) is 1. The Balaban J connectivity index is 3.40. The maximum Gasteiger partial charge on any atom is 0.417 e. The SMILES string of the molecule is CS(=O)c1cc(C(F)(F)F)cnc1C(=O)O. The Bertz CT molecular complexity index is 458. The molecule has 1 aromatic heterocycles. The van der Waals surface area contributed by atoms with Crippen molar-refractivity contribution in [2.24, 2.45) is 0 Å². The predicted octanol–water partition coefficient (Wildman–Crippen LogP) is 1.54. The molecule has 88 valence electrons. The monoisotopic (exact) mass is 253 g/mol. The zero-order valence-electron chi connectivity index (χ0n) is 7.91. The highest BCUT2D eigenvalue weighted by atomic mass is 32.2. The topological polar surface area (TPSA) is 67.3 Å². The van der Waals surface area contributed by atoms with E-state index in [1.54, 1.807) is 0 Å². The Morgan fingerprint density at radius 1 is 1.50 bits per heavy atom. The highest BCUT2D eigenvalue weighted by Gasteiger charge is 2.32. The van der Waals surface area contributed by atoms with Gasteiger partial charge in [0.15, 0.2) is 5.69 Å². The van der Waals surface area contributed by atoms with E-state index in [9.17, 15) is 22.2 Å². The molecule has 4 nitrogen and oxygen atoms in total. The largest absolute Gasteiger partial charge is 0.476 e. The third kappa shape index (κ3) is 2.57. The van der Waals surface area contributed by atoms with Crippen LogP contribution in [-0.2, 0) is 17.0 Å². The summed E-state index contributed by atoms with van der Waals surface area (Å²) in [5, 5.41) is 8.63. The molecule has 0 saturated heterocycles. The molecule has 0 bridgehead atoms. The lowest BCUT2D eigenvalue weighted by Crippen LogP contribution is -2.12. The van der Waals surface area contributed by atoms with Gasteiger partial charge in [-0.05, 0) is 6.07 Å². The fraction of sp³-hybridized carbons (Fsp3) is 0.250. The molecule has 0 aliphatic rings. The molecule has 1 N–H and O–H groups in total. The first-order valence-electron chi connectivity index (χ1n) is 3.87. The molecule has 0 amide bonds. The van der Waals surface area contributed by atoms with Crippen LogP contribution in [0, 0.1) is 0 Å². The third-order valence-electron chi connectivity index (χ3n) is 1.69. The molecule has 1 atom stereocenters. The molecule has 0 fully saturated rings. The van der Waals surface area contributed by atoms with Crippen LogP contribution in [0.15, 0.2) is 17.2 Å². The number of halogens is 3. The van der Waals surface area contributed by atoms with Crippen LogP contribution in [0.4, 0.5) is 13.2 Å². The van der Waals surface area contributed by atoms with E-state index >= 15 is 0 Å². The standard InChI is InChI=1S/C8H6F3NO3S/c1-16(15)5-2-4(8(9,10)11)3-12-6(5)7(13)14/h2-3H,1H3,(H,13,14). The van der Waals surface area contributed by atoms with E-state index in [-0.39, 0.29) is 0 Å². The van der Waals surface area contributed by atoms with Crippen LogP contribution in [0.2, 0.25) is 0 Å². The van der Waals surface area contributed by atoms with Crippen LogP contribution in [-0.4, -0.2) is 26.5 Å². The normalized spacial score (nSPS) is 13.5. The van der Waals surface area contributed by atoms with E-state index < -0.39 is 39.1 Å². The summed E-state index contributed by atoms with van der Waals surface area (Å²) < 4.78 is 47.9. The number of carbonyl (C=O) groups is 1. The first-order chi connectivity index (χ1) is 7.23. The number of alkyl halides is 3. The minimum atomic E-state index is -4.64. The van der Waals surface area contributed by atoms with Crippen molar-refractivity contribution in [1.82, 2.24) is 4.98 Å².